The molecule has 0 atom stereocenters. The van der Waals surface area contributed by atoms with E-state index in [1.54, 1.807) is 0 Å². The van der Waals surface area contributed by atoms with Gasteiger partial charge in [0.25, 0.3) is 0 Å². The predicted molar refractivity (Wildman–Crippen MR) is 126 cm³/mol. The van der Waals surface area contributed by atoms with Crippen LogP contribution in [-0.2, 0) is 9.47 Å². The second-order valence-corrected chi connectivity index (χ2v) is 8.08. The van der Waals surface area contributed by atoms with Crippen LogP contribution in [0.4, 0.5) is 26.1 Å². The number of ether oxygens (including phenoxy) is 2. The zero-order valence-corrected chi connectivity index (χ0v) is 18.9. The Morgan fingerprint density at radius 2 is 1.79 bits per heavy atom. The van der Waals surface area contributed by atoms with Gasteiger partial charge in [0.1, 0.15) is 18.0 Å². The highest BCUT2D eigenvalue weighted by atomic mass is 19.1. The Hall–Kier alpha value is -3.04. The molecule has 2 aromatic carbocycles. The zero-order valence-electron chi connectivity index (χ0n) is 18.9. The van der Waals surface area contributed by atoms with Gasteiger partial charge < -0.3 is 19.7 Å². The highest BCUT2D eigenvalue weighted by Crippen LogP contribution is 2.27. The molecular formula is C24H31F2N5O2. The first-order valence-corrected chi connectivity index (χ1v) is 11.2. The standard InChI is InChI=1S/C24H29F2N5O2.H2/c1-3-32-8-9-33-23-4-6-30(7-5-23)21-11-17(2)10-20(15-21)28-24-27-16-31(29-24)22-13-18(25)12-19(26)14-22;/h10-16,23H,3-9H2,1-2H3,(H,28,29);1H. The SMILES string of the molecule is CCOCCOC1CCN(c2cc(C)cc(Nc3ncn(-c4cc(F)cc(F)c4)n3)c2)CC1.[HH]. The van der Waals surface area contributed by atoms with Crippen molar-refractivity contribution in [1.29, 1.82) is 0 Å². The number of aromatic nitrogens is 3. The summed E-state index contributed by atoms with van der Waals surface area (Å²) in [6.07, 6.45) is 3.63. The van der Waals surface area contributed by atoms with Gasteiger partial charge in [-0.15, -0.1) is 5.10 Å². The fourth-order valence-corrected chi connectivity index (χ4v) is 3.96. The smallest absolute Gasteiger partial charge is 0.246 e. The van der Waals surface area contributed by atoms with Gasteiger partial charge in [-0.1, -0.05) is 0 Å². The summed E-state index contributed by atoms with van der Waals surface area (Å²) >= 11 is 0. The van der Waals surface area contributed by atoms with Crippen LogP contribution >= 0.6 is 0 Å². The van der Waals surface area contributed by atoms with Crippen LogP contribution in [0.2, 0.25) is 0 Å². The van der Waals surface area contributed by atoms with Gasteiger partial charge in [-0.3, -0.25) is 0 Å². The Bertz CT molecular complexity index is 1050. The van der Waals surface area contributed by atoms with E-state index in [0.29, 0.717) is 25.8 Å². The minimum absolute atomic E-state index is 0. The Kier molecular flexibility index (Phi) is 7.51. The lowest BCUT2D eigenvalue weighted by atomic mass is 10.1. The summed E-state index contributed by atoms with van der Waals surface area (Å²) in [5.74, 6) is -0.985. The zero-order chi connectivity index (χ0) is 23.2. The van der Waals surface area contributed by atoms with Gasteiger partial charge in [0, 0.05) is 38.6 Å². The maximum atomic E-state index is 13.5. The topological polar surface area (TPSA) is 64.4 Å². The first kappa shape index (κ1) is 23.1. The summed E-state index contributed by atoms with van der Waals surface area (Å²) in [5.41, 5.74) is 3.35. The van der Waals surface area contributed by atoms with Gasteiger partial charge in [0.15, 0.2) is 0 Å². The molecule has 4 rings (SSSR count). The molecule has 1 fully saturated rings. The molecule has 1 aliphatic rings. The van der Waals surface area contributed by atoms with E-state index in [1.807, 2.05) is 19.9 Å². The van der Waals surface area contributed by atoms with E-state index in [0.717, 1.165) is 48.9 Å². The molecule has 1 aliphatic heterocycles. The summed E-state index contributed by atoms with van der Waals surface area (Å²) < 4.78 is 39.6. The Balaban J connectivity index is 0.00000324. The van der Waals surface area contributed by atoms with E-state index in [9.17, 15) is 8.78 Å². The molecule has 0 radical (unpaired) electrons. The number of nitrogens with zero attached hydrogens (tertiary/aromatic N) is 4. The van der Waals surface area contributed by atoms with E-state index < -0.39 is 11.6 Å². The predicted octanol–water partition coefficient (Wildman–Crippen LogP) is 4.87. The van der Waals surface area contributed by atoms with Crippen molar-refractivity contribution in [3.8, 4) is 5.69 Å². The van der Waals surface area contributed by atoms with Crippen LogP contribution in [0.25, 0.3) is 5.69 Å². The molecule has 2 heterocycles. The number of piperidine rings is 1. The Morgan fingerprint density at radius 3 is 2.52 bits per heavy atom. The second kappa shape index (κ2) is 10.7. The van der Waals surface area contributed by atoms with Crippen molar-refractivity contribution in [2.24, 2.45) is 0 Å². The van der Waals surface area contributed by atoms with Gasteiger partial charge in [0.2, 0.25) is 5.95 Å². The van der Waals surface area contributed by atoms with Crippen LogP contribution in [-0.4, -0.2) is 53.8 Å². The maximum Gasteiger partial charge on any atom is 0.246 e. The van der Waals surface area contributed by atoms with Gasteiger partial charge in [-0.05, 0) is 62.6 Å². The van der Waals surface area contributed by atoms with Crippen molar-refractivity contribution in [2.45, 2.75) is 32.8 Å². The maximum absolute atomic E-state index is 13.5. The summed E-state index contributed by atoms with van der Waals surface area (Å²) in [5, 5.41) is 7.50. The lowest BCUT2D eigenvalue weighted by Crippen LogP contribution is -2.37. The van der Waals surface area contributed by atoms with E-state index >= 15 is 0 Å². The molecule has 0 bridgehead atoms. The Morgan fingerprint density at radius 1 is 1.03 bits per heavy atom. The molecule has 0 saturated carbocycles. The lowest BCUT2D eigenvalue weighted by Gasteiger charge is -2.34. The van der Waals surface area contributed by atoms with Crippen molar-refractivity contribution >= 4 is 17.3 Å². The molecule has 7 nitrogen and oxygen atoms in total. The molecule has 1 N–H and O–H groups in total. The van der Waals surface area contributed by atoms with E-state index in [1.165, 1.54) is 23.1 Å². The number of anilines is 3. The third-order valence-electron chi connectivity index (χ3n) is 5.51. The number of benzene rings is 2. The van der Waals surface area contributed by atoms with Crippen LogP contribution in [0.3, 0.4) is 0 Å². The van der Waals surface area contributed by atoms with Gasteiger partial charge in [-0.25, -0.2) is 13.5 Å². The van der Waals surface area contributed by atoms with E-state index in [-0.39, 0.29) is 13.2 Å². The monoisotopic (exact) mass is 459 g/mol. The average molecular weight is 460 g/mol. The molecule has 0 amide bonds. The lowest BCUT2D eigenvalue weighted by molar-refractivity contribution is -0.00230. The van der Waals surface area contributed by atoms with Crippen LogP contribution in [0.5, 0.6) is 0 Å². The van der Waals surface area contributed by atoms with Crippen LogP contribution in [0.15, 0.2) is 42.7 Å². The van der Waals surface area contributed by atoms with Crippen molar-refractivity contribution in [3.63, 3.8) is 0 Å². The van der Waals surface area contributed by atoms with Gasteiger partial charge >= 0.3 is 0 Å². The third-order valence-corrected chi connectivity index (χ3v) is 5.51. The molecular weight excluding hydrogens is 428 g/mol. The average Bonchev–Trinajstić information content (AvgIpc) is 3.25. The fourth-order valence-electron chi connectivity index (χ4n) is 3.96. The minimum Gasteiger partial charge on any atom is -0.379 e. The van der Waals surface area contributed by atoms with E-state index in [2.05, 4.69) is 32.4 Å². The van der Waals surface area contributed by atoms with Crippen molar-refractivity contribution in [1.82, 2.24) is 14.8 Å². The molecule has 3 aromatic rings. The van der Waals surface area contributed by atoms with Gasteiger partial charge in [0.05, 0.1) is 25.0 Å². The van der Waals surface area contributed by atoms with Crippen LogP contribution in [0, 0.1) is 18.6 Å². The number of hydrogen-bond acceptors (Lipinski definition) is 6. The quantitative estimate of drug-likeness (QED) is 0.461. The molecule has 0 spiro atoms. The largest absolute Gasteiger partial charge is 0.379 e. The highest BCUT2D eigenvalue weighted by molar-refractivity contribution is 5.64. The first-order valence-electron chi connectivity index (χ1n) is 11.2. The number of aryl methyl sites for hydroxylation is 1. The molecule has 1 aromatic heterocycles. The Labute approximate surface area is 193 Å². The molecule has 1 saturated heterocycles. The van der Waals surface area contributed by atoms with Crippen molar-refractivity contribution < 1.29 is 19.7 Å². The normalized spacial score (nSPS) is 14.6. The van der Waals surface area contributed by atoms with E-state index in [4.69, 9.17) is 9.47 Å². The summed E-state index contributed by atoms with van der Waals surface area (Å²) in [7, 11) is 0. The molecule has 0 aliphatic carbocycles. The number of nitrogens with one attached hydrogen (secondary N) is 1. The summed E-state index contributed by atoms with van der Waals surface area (Å²) in [4.78, 5) is 6.58. The fraction of sp³-hybridized carbons (Fsp3) is 0.417. The molecule has 9 heteroatoms. The first-order chi connectivity index (χ1) is 16.0. The van der Waals surface area contributed by atoms with Crippen LogP contribution < -0.4 is 10.2 Å². The molecule has 33 heavy (non-hydrogen) atoms. The van der Waals surface area contributed by atoms with Gasteiger partial charge in [-0.2, -0.15) is 4.98 Å². The van der Waals surface area contributed by atoms with Crippen LogP contribution in [0.1, 0.15) is 26.8 Å². The van der Waals surface area contributed by atoms with Crippen molar-refractivity contribution in [2.75, 3.05) is 43.1 Å². The third kappa shape index (κ3) is 6.27. The highest BCUT2D eigenvalue weighted by Gasteiger charge is 2.20. The summed E-state index contributed by atoms with van der Waals surface area (Å²) in [6, 6.07) is 9.46. The second-order valence-electron chi connectivity index (χ2n) is 8.08. The minimum atomic E-state index is -0.665. The molecule has 0 unspecified atom stereocenters. The van der Waals surface area contributed by atoms with Crippen molar-refractivity contribution in [3.05, 3.63) is 59.9 Å². The summed E-state index contributed by atoms with van der Waals surface area (Å²) in [6.45, 7) is 7.85. The number of hydrogen-bond donors (Lipinski definition) is 1. The molecule has 178 valence electrons. The number of halogens is 2. The number of rotatable bonds is 9.